The maximum Gasteiger partial charge on any atom is 0.270 e. The highest BCUT2D eigenvalue weighted by atomic mass is 16.2. The van der Waals surface area contributed by atoms with Gasteiger partial charge in [0.15, 0.2) is 11.6 Å². The Morgan fingerprint density at radius 3 is 1.70 bits per heavy atom. The third kappa shape index (κ3) is 1.70. The highest BCUT2D eigenvalue weighted by Crippen LogP contribution is 2.30. The molecule has 1 aliphatic carbocycles. The summed E-state index contributed by atoms with van der Waals surface area (Å²) in [4.78, 5) is 49.0. The molecule has 0 unspecified atom stereocenters. The Bertz CT molecular complexity index is 1150. The number of aromatic nitrogens is 2. The average Bonchev–Trinajstić information content (AvgIpc) is 2.55. The number of carbonyl (C=O) groups is 2. The van der Waals surface area contributed by atoms with Crippen LogP contribution in [0, 0.1) is 0 Å². The minimum atomic E-state index is -0.541. The molecule has 1 heterocycles. The zero-order chi connectivity index (χ0) is 16.3. The van der Waals surface area contributed by atoms with Gasteiger partial charge in [-0.25, -0.2) is 0 Å². The SMILES string of the molecule is Nc1ccc2c(c1)C(=O)c1cc3c(=O)[nH][nH]c(=O)c3cc1C2=O. The summed E-state index contributed by atoms with van der Waals surface area (Å²) in [5.41, 5.74) is 5.60. The first-order valence-electron chi connectivity index (χ1n) is 6.75. The third-order valence-electron chi connectivity index (χ3n) is 3.96. The Labute approximate surface area is 127 Å². The van der Waals surface area contributed by atoms with E-state index in [2.05, 4.69) is 10.2 Å². The summed E-state index contributed by atoms with van der Waals surface area (Å²) >= 11 is 0. The van der Waals surface area contributed by atoms with Gasteiger partial charge in [0.25, 0.3) is 11.1 Å². The van der Waals surface area contributed by atoms with Crippen LogP contribution in [0.3, 0.4) is 0 Å². The van der Waals surface area contributed by atoms with Crippen molar-refractivity contribution in [3.8, 4) is 0 Å². The number of H-pyrrole nitrogens is 2. The van der Waals surface area contributed by atoms with Crippen LogP contribution in [0.1, 0.15) is 31.8 Å². The van der Waals surface area contributed by atoms with E-state index in [1.54, 1.807) is 0 Å². The summed E-state index contributed by atoms with van der Waals surface area (Å²) in [6.07, 6.45) is 0. The minimum Gasteiger partial charge on any atom is -0.399 e. The van der Waals surface area contributed by atoms with Crippen LogP contribution >= 0.6 is 0 Å². The Morgan fingerprint density at radius 2 is 1.13 bits per heavy atom. The zero-order valence-electron chi connectivity index (χ0n) is 11.6. The van der Waals surface area contributed by atoms with Gasteiger partial charge < -0.3 is 5.73 Å². The number of nitrogens with two attached hydrogens (primary N) is 1. The first kappa shape index (κ1) is 13.2. The number of ketones is 2. The molecule has 0 bridgehead atoms. The van der Waals surface area contributed by atoms with Gasteiger partial charge in [0.05, 0.1) is 10.8 Å². The molecule has 7 heteroatoms. The predicted octanol–water partition coefficient (Wildman–Crippen LogP) is 0.574. The smallest absolute Gasteiger partial charge is 0.270 e. The second kappa shape index (κ2) is 4.26. The molecule has 4 rings (SSSR count). The molecule has 0 radical (unpaired) electrons. The van der Waals surface area contributed by atoms with Crippen LogP contribution in [0.25, 0.3) is 10.8 Å². The second-order valence-electron chi connectivity index (χ2n) is 5.31. The number of fused-ring (bicyclic) bond motifs is 3. The van der Waals surface area contributed by atoms with Gasteiger partial charge in [0, 0.05) is 27.9 Å². The van der Waals surface area contributed by atoms with Crippen LogP contribution in [-0.2, 0) is 0 Å². The number of carbonyl (C=O) groups excluding carboxylic acids is 2. The van der Waals surface area contributed by atoms with Gasteiger partial charge in [-0.2, -0.15) is 0 Å². The average molecular weight is 307 g/mol. The lowest BCUT2D eigenvalue weighted by molar-refractivity contribution is 0.0979. The predicted molar refractivity (Wildman–Crippen MR) is 82.9 cm³/mol. The van der Waals surface area contributed by atoms with E-state index in [1.165, 1.54) is 30.3 Å². The fourth-order valence-corrected chi connectivity index (χ4v) is 2.84. The van der Waals surface area contributed by atoms with Crippen molar-refractivity contribution in [1.29, 1.82) is 0 Å². The monoisotopic (exact) mass is 307 g/mol. The Morgan fingerprint density at radius 1 is 0.652 bits per heavy atom. The van der Waals surface area contributed by atoms with E-state index in [0.29, 0.717) is 5.69 Å². The first-order chi connectivity index (χ1) is 11.0. The van der Waals surface area contributed by atoms with Crippen LogP contribution in [-0.4, -0.2) is 21.8 Å². The summed E-state index contributed by atoms with van der Waals surface area (Å²) in [6.45, 7) is 0. The van der Waals surface area contributed by atoms with Crippen LogP contribution in [0.4, 0.5) is 5.69 Å². The topological polar surface area (TPSA) is 126 Å². The van der Waals surface area contributed by atoms with Crippen molar-refractivity contribution in [1.82, 2.24) is 10.2 Å². The molecule has 0 amide bonds. The first-order valence-corrected chi connectivity index (χ1v) is 6.75. The summed E-state index contributed by atoms with van der Waals surface area (Å²) in [6, 6.07) is 7.03. The number of aromatic amines is 2. The number of hydrogen-bond donors (Lipinski definition) is 3. The molecule has 2 aromatic carbocycles. The maximum absolute atomic E-state index is 12.6. The van der Waals surface area contributed by atoms with Crippen LogP contribution < -0.4 is 16.9 Å². The number of benzene rings is 2. The molecule has 0 aliphatic heterocycles. The maximum atomic E-state index is 12.6. The molecule has 7 nitrogen and oxygen atoms in total. The Kier molecular flexibility index (Phi) is 2.45. The van der Waals surface area contributed by atoms with Gasteiger partial charge >= 0.3 is 0 Å². The van der Waals surface area contributed by atoms with Gasteiger partial charge in [-0.15, -0.1) is 0 Å². The molecule has 3 aromatic rings. The number of nitrogens with one attached hydrogen (secondary N) is 2. The van der Waals surface area contributed by atoms with Gasteiger partial charge in [-0.05, 0) is 30.3 Å². The summed E-state index contributed by atoms with van der Waals surface area (Å²) in [5, 5.41) is 4.51. The fraction of sp³-hybridized carbons (Fsp3) is 0. The largest absolute Gasteiger partial charge is 0.399 e. The summed E-state index contributed by atoms with van der Waals surface area (Å²) in [7, 11) is 0. The normalized spacial score (nSPS) is 13.0. The van der Waals surface area contributed by atoms with Gasteiger partial charge in [-0.1, -0.05) is 0 Å². The summed E-state index contributed by atoms with van der Waals surface area (Å²) < 4.78 is 0. The molecule has 4 N–H and O–H groups in total. The van der Waals surface area contributed by atoms with E-state index >= 15 is 0 Å². The lowest BCUT2D eigenvalue weighted by Gasteiger charge is -2.18. The molecule has 112 valence electrons. The van der Waals surface area contributed by atoms with E-state index in [0.717, 1.165) is 0 Å². The molecule has 0 saturated heterocycles. The van der Waals surface area contributed by atoms with Crippen LogP contribution in [0.15, 0.2) is 39.9 Å². The molecule has 1 aromatic heterocycles. The quantitative estimate of drug-likeness (QED) is 0.409. The van der Waals surface area contributed by atoms with Crippen molar-refractivity contribution in [2.45, 2.75) is 0 Å². The van der Waals surface area contributed by atoms with E-state index < -0.39 is 16.9 Å². The van der Waals surface area contributed by atoms with E-state index in [-0.39, 0.29) is 38.8 Å². The van der Waals surface area contributed by atoms with Crippen LogP contribution in [0.5, 0.6) is 0 Å². The van der Waals surface area contributed by atoms with Crippen LogP contribution in [0.2, 0.25) is 0 Å². The lowest BCUT2D eigenvalue weighted by Crippen LogP contribution is -2.24. The lowest BCUT2D eigenvalue weighted by atomic mass is 9.83. The highest BCUT2D eigenvalue weighted by molar-refractivity contribution is 6.29. The standard InChI is InChI=1S/C16H9N3O4/c17-6-1-2-7-8(3-6)14(21)10-5-12-11(4-9(10)13(7)20)15(22)18-19-16(12)23/h1-5H,17H2,(H,18,22)(H,19,23). The molecule has 23 heavy (non-hydrogen) atoms. The van der Waals surface area contributed by atoms with Crippen molar-refractivity contribution in [2.24, 2.45) is 0 Å². The third-order valence-corrected chi connectivity index (χ3v) is 3.96. The van der Waals surface area contributed by atoms with Gasteiger partial charge in [-0.3, -0.25) is 29.4 Å². The molecule has 0 fully saturated rings. The van der Waals surface area contributed by atoms with Gasteiger partial charge in [0.2, 0.25) is 0 Å². The second-order valence-corrected chi connectivity index (χ2v) is 5.31. The highest BCUT2D eigenvalue weighted by Gasteiger charge is 2.30. The number of rotatable bonds is 0. The van der Waals surface area contributed by atoms with Crippen molar-refractivity contribution in [3.63, 3.8) is 0 Å². The van der Waals surface area contributed by atoms with E-state index in [9.17, 15) is 19.2 Å². The molecule has 1 aliphatic rings. The van der Waals surface area contributed by atoms with Crippen molar-refractivity contribution in [3.05, 3.63) is 73.3 Å². The number of nitrogen functional groups attached to an aromatic ring is 1. The van der Waals surface area contributed by atoms with Crippen molar-refractivity contribution < 1.29 is 9.59 Å². The molecule has 0 spiro atoms. The van der Waals surface area contributed by atoms with E-state index in [4.69, 9.17) is 5.73 Å². The molecule has 0 atom stereocenters. The fourth-order valence-electron chi connectivity index (χ4n) is 2.84. The van der Waals surface area contributed by atoms with E-state index in [1.807, 2.05) is 0 Å². The molecule has 0 saturated carbocycles. The zero-order valence-corrected chi connectivity index (χ0v) is 11.6. The minimum absolute atomic E-state index is 0.0565. The molecular weight excluding hydrogens is 298 g/mol. The Balaban J connectivity index is 2.13. The Hall–Kier alpha value is -3.48. The summed E-state index contributed by atoms with van der Waals surface area (Å²) in [5.74, 6) is -0.778. The molecular formula is C16H9N3O4. The van der Waals surface area contributed by atoms with Crippen molar-refractivity contribution >= 4 is 28.0 Å². The van der Waals surface area contributed by atoms with Crippen molar-refractivity contribution in [2.75, 3.05) is 5.73 Å². The van der Waals surface area contributed by atoms with Gasteiger partial charge in [0.1, 0.15) is 0 Å². The number of hydrogen-bond acceptors (Lipinski definition) is 5. The number of anilines is 1.